The first-order valence-electron chi connectivity index (χ1n) is 7.04. The van der Waals surface area contributed by atoms with Gasteiger partial charge in [0.2, 0.25) is 5.52 Å². The zero-order chi connectivity index (χ0) is 17.9. The maximum absolute atomic E-state index is 12.5. The third-order valence-electron chi connectivity index (χ3n) is 3.17. The van der Waals surface area contributed by atoms with Crippen molar-refractivity contribution < 1.29 is 23.8 Å². The highest BCUT2D eigenvalue weighted by atomic mass is 35.5. The van der Waals surface area contributed by atoms with Crippen molar-refractivity contribution in [3.05, 3.63) is 38.8 Å². The third kappa shape index (κ3) is 3.68. The molecule has 0 atom stereocenters. The van der Waals surface area contributed by atoms with Gasteiger partial charge in [0.15, 0.2) is 5.69 Å². The Hall–Kier alpha value is -2.12. The van der Waals surface area contributed by atoms with Crippen LogP contribution in [0.1, 0.15) is 35.9 Å². The summed E-state index contributed by atoms with van der Waals surface area (Å²) in [6, 6.07) is 2.70. The predicted molar refractivity (Wildman–Crippen MR) is 86.8 cm³/mol. The van der Waals surface area contributed by atoms with Crippen molar-refractivity contribution in [1.29, 1.82) is 0 Å². The summed E-state index contributed by atoms with van der Waals surface area (Å²) in [6.07, 6.45) is 0.837. The Morgan fingerprint density at radius 1 is 1.29 bits per heavy atom. The summed E-state index contributed by atoms with van der Waals surface area (Å²) in [7, 11) is 1.13. The van der Waals surface area contributed by atoms with Gasteiger partial charge in [-0.3, -0.25) is 4.79 Å². The summed E-state index contributed by atoms with van der Waals surface area (Å²) in [5, 5.41) is 12.9. The zero-order valence-corrected chi connectivity index (χ0v) is 14.5. The highest BCUT2D eigenvalue weighted by Gasteiger charge is 2.28. The van der Waals surface area contributed by atoms with Crippen molar-refractivity contribution in [2.24, 2.45) is 0 Å². The van der Waals surface area contributed by atoms with Crippen LogP contribution in [-0.4, -0.2) is 24.0 Å². The summed E-state index contributed by atoms with van der Waals surface area (Å²) in [4.78, 5) is 27.7. The van der Waals surface area contributed by atoms with Crippen molar-refractivity contribution in [2.75, 3.05) is 7.11 Å². The minimum Gasteiger partial charge on any atom is -0.618 e. The van der Waals surface area contributed by atoms with Crippen molar-refractivity contribution in [1.82, 2.24) is 4.98 Å². The summed E-state index contributed by atoms with van der Waals surface area (Å²) < 4.78 is 10.0. The minimum atomic E-state index is -0.896. The van der Waals surface area contributed by atoms with Gasteiger partial charge in [0.05, 0.1) is 17.2 Å². The smallest absolute Gasteiger partial charge is 0.406 e. The molecule has 0 aliphatic heterocycles. The van der Waals surface area contributed by atoms with E-state index < -0.39 is 11.9 Å². The number of fused-ring (bicyclic) bond motifs is 1. The van der Waals surface area contributed by atoms with Crippen LogP contribution in [0.15, 0.2) is 12.1 Å². The molecule has 0 aliphatic carbocycles. The number of methoxy groups -OCH3 is 1. The molecule has 1 aromatic heterocycles. The van der Waals surface area contributed by atoms with E-state index >= 15 is 0 Å². The number of aromatic nitrogens is 2. The number of esters is 2. The van der Waals surface area contributed by atoms with Crippen LogP contribution in [0.3, 0.4) is 0 Å². The van der Waals surface area contributed by atoms with Gasteiger partial charge < -0.3 is 14.7 Å². The molecular formula is C15H14Cl2N2O5. The number of hydrogen-bond acceptors (Lipinski definition) is 6. The molecule has 2 aromatic rings. The fraction of sp³-hybridized carbons (Fsp3) is 0.333. The molecule has 0 amide bonds. The van der Waals surface area contributed by atoms with Gasteiger partial charge in [-0.15, -0.1) is 0 Å². The van der Waals surface area contributed by atoms with Crippen LogP contribution in [0.5, 0.6) is 0 Å². The van der Waals surface area contributed by atoms with E-state index in [-0.39, 0.29) is 45.5 Å². The molecule has 128 valence electrons. The lowest BCUT2D eigenvalue weighted by Gasteiger charge is -2.11. The lowest BCUT2D eigenvalue weighted by atomic mass is 10.2. The molecular weight excluding hydrogens is 359 g/mol. The average Bonchev–Trinajstić information content (AvgIpc) is 2.54. The van der Waals surface area contributed by atoms with Crippen LogP contribution in [0.2, 0.25) is 10.0 Å². The largest absolute Gasteiger partial charge is 0.618 e. The van der Waals surface area contributed by atoms with Gasteiger partial charge in [0, 0.05) is 12.5 Å². The Morgan fingerprint density at radius 3 is 2.58 bits per heavy atom. The summed E-state index contributed by atoms with van der Waals surface area (Å²) in [6.45, 7) is 1.49. The minimum absolute atomic E-state index is 0.0211. The van der Waals surface area contributed by atoms with E-state index in [1.165, 1.54) is 12.1 Å². The molecule has 24 heavy (non-hydrogen) atoms. The number of benzene rings is 1. The van der Waals surface area contributed by atoms with E-state index in [1.807, 2.05) is 6.92 Å². The van der Waals surface area contributed by atoms with E-state index in [1.54, 1.807) is 0 Å². The van der Waals surface area contributed by atoms with Crippen molar-refractivity contribution >= 4 is 46.2 Å². The average molecular weight is 373 g/mol. The molecule has 0 unspecified atom stereocenters. The van der Waals surface area contributed by atoms with Gasteiger partial charge in [-0.1, -0.05) is 30.1 Å². The molecule has 1 heterocycles. The third-order valence-corrected chi connectivity index (χ3v) is 3.89. The SMILES string of the molecule is CCCC(=O)OCc1nc2cc(Cl)c(Cl)cc2[n+]([O-])c1C(=O)OC. The highest BCUT2D eigenvalue weighted by Crippen LogP contribution is 2.26. The fourth-order valence-electron chi connectivity index (χ4n) is 2.04. The molecule has 0 fully saturated rings. The van der Waals surface area contributed by atoms with Crippen molar-refractivity contribution in [3.63, 3.8) is 0 Å². The van der Waals surface area contributed by atoms with Crippen molar-refractivity contribution in [2.45, 2.75) is 26.4 Å². The zero-order valence-electron chi connectivity index (χ0n) is 13.0. The molecule has 0 aliphatic rings. The van der Waals surface area contributed by atoms with Crippen LogP contribution in [-0.2, 0) is 20.9 Å². The maximum atomic E-state index is 12.5. The molecule has 7 nitrogen and oxygen atoms in total. The van der Waals surface area contributed by atoms with Gasteiger partial charge in [-0.2, -0.15) is 4.73 Å². The number of carbonyl (C=O) groups excluding carboxylic acids is 2. The normalized spacial score (nSPS) is 10.7. The monoisotopic (exact) mass is 372 g/mol. The Bertz CT molecular complexity index is 810. The molecule has 9 heteroatoms. The van der Waals surface area contributed by atoms with Crippen LogP contribution in [0.4, 0.5) is 0 Å². The van der Waals surface area contributed by atoms with E-state index in [0.29, 0.717) is 11.2 Å². The molecule has 0 saturated heterocycles. The van der Waals surface area contributed by atoms with Crippen LogP contribution in [0.25, 0.3) is 11.0 Å². The summed E-state index contributed by atoms with van der Waals surface area (Å²) in [5.41, 5.74) is -0.123. The standard InChI is InChI=1S/C15H14Cl2N2O5/c1-3-4-13(20)24-7-11-14(15(21)23-2)19(22)12-6-9(17)8(16)5-10(12)18-11/h5-6H,3-4,7H2,1-2H3. The first-order valence-corrected chi connectivity index (χ1v) is 7.79. The molecule has 0 radical (unpaired) electrons. The van der Waals surface area contributed by atoms with Crippen molar-refractivity contribution in [3.8, 4) is 0 Å². The van der Waals surface area contributed by atoms with Gasteiger partial charge in [-0.25, -0.2) is 9.78 Å². The lowest BCUT2D eigenvalue weighted by molar-refractivity contribution is -0.581. The number of ether oxygens (including phenoxy) is 2. The van der Waals surface area contributed by atoms with Crippen LogP contribution >= 0.6 is 23.2 Å². The Balaban J connectivity index is 2.56. The van der Waals surface area contributed by atoms with E-state index in [2.05, 4.69) is 9.72 Å². The van der Waals surface area contributed by atoms with Gasteiger partial charge in [-0.05, 0) is 12.5 Å². The van der Waals surface area contributed by atoms with E-state index in [0.717, 1.165) is 7.11 Å². The number of carbonyl (C=O) groups is 2. The molecule has 1 aromatic carbocycles. The van der Waals surface area contributed by atoms with Gasteiger partial charge >= 0.3 is 17.6 Å². The van der Waals surface area contributed by atoms with E-state index in [9.17, 15) is 14.8 Å². The second-order valence-electron chi connectivity index (χ2n) is 4.86. The molecule has 0 spiro atoms. The van der Waals surface area contributed by atoms with Gasteiger partial charge in [0.25, 0.3) is 0 Å². The predicted octanol–water partition coefficient (Wildman–Crippen LogP) is 2.80. The second-order valence-corrected chi connectivity index (χ2v) is 5.67. The Morgan fingerprint density at radius 2 is 1.96 bits per heavy atom. The Kier molecular flexibility index (Phi) is 5.80. The maximum Gasteiger partial charge on any atom is 0.406 e. The Labute approximate surface area is 147 Å². The molecule has 0 saturated carbocycles. The highest BCUT2D eigenvalue weighted by molar-refractivity contribution is 6.42. The topological polar surface area (TPSA) is 92.4 Å². The lowest BCUT2D eigenvalue weighted by Crippen LogP contribution is -2.38. The van der Waals surface area contributed by atoms with Crippen LogP contribution in [0, 0.1) is 5.21 Å². The number of halogens is 2. The molecule has 0 N–H and O–H groups in total. The van der Waals surface area contributed by atoms with Crippen LogP contribution < -0.4 is 4.73 Å². The van der Waals surface area contributed by atoms with E-state index in [4.69, 9.17) is 27.9 Å². The molecule has 0 bridgehead atoms. The number of nitrogens with zero attached hydrogens (tertiary/aromatic N) is 2. The summed E-state index contributed by atoms with van der Waals surface area (Å²) >= 11 is 11.8. The fourth-order valence-corrected chi connectivity index (χ4v) is 2.35. The summed E-state index contributed by atoms with van der Waals surface area (Å²) in [5.74, 6) is -1.35. The second kappa shape index (κ2) is 7.63. The number of hydrogen-bond donors (Lipinski definition) is 0. The van der Waals surface area contributed by atoms with Gasteiger partial charge in [0.1, 0.15) is 12.1 Å². The first kappa shape index (κ1) is 18.2. The quantitative estimate of drug-likeness (QED) is 0.455. The first-order chi connectivity index (χ1) is 11.4. The number of rotatable bonds is 5. The molecule has 2 rings (SSSR count).